The van der Waals surface area contributed by atoms with Gasteiger partial charge in [0.05, 0.1) is 12.2 Å². The Labute approximate surface area is 182 Å². The number of hydrogen-bond acceptors (Lipinski definition) is 7. The molecule has 0 bridgehead atoms. The number of aryl methyl sites for hydroxylation is 1. The lowest BCUT2D eigenvalue weighted by molar-refractivity contribution is -0.112. The van der Waals surface area contributed by atoms with E-state index in [-0.39, 0.29) is 35.1 Å². The Morgan fingerprint density at radius 2 is 2.00 bits per heavy atom. The van der Waals surface area contributed by atoms with Crippen molar-refractivity contribution in [2.24, 2.45) is 0 Å². The molecule has 3 aromatic rings. The van der Waals surface area contributed by atoms with E-state index in [2.05, 4.69) is 10.5 Å². The Bertz CT molecular complexity index is 1230. The molecule has 0 spiro atoms. The van der Waals surface area contributed by atoms with Crippen LogP contribution in [-0.4, -0.2) is 23.6 Å². The van der Waals surface area contributed by atoms with Gasteiger partial charge in [0.2, 0.25) is 0 Å². The third-order valence-electron chi connectivity index (χ3n) is 4.11. The van der Waals surface area contributed by atoms with Gasteiger partial charge in [-0.05, 0) is 49.8 Å². The minimum atomic E-state index is -0.882. The maximum absolute atomic E-state index is 13.9. The number of nitrogens with zero attached hydrogens (tertiary/aromatic N) is 2. The lowest BCUT2D eigenvalue weighted by atomic mass is 10.1. The highest BCUT2D eigenvalue weighted by molar-refractivity contribution is 6.09. The molecule has 8 nitrogen and oxygen atoms in total. The van der Waals surface area contributed by atoms with Gasteiger partial charge in [-0.25, -0.2) is 9.18 Å². The van der Waals surface area contributed by atoms with Crippen LogP contribution in [0.3, 0.4) is 0 Å². The number of ether oxygens (including phenoxy) is 2. The van der Waals surface area contributed by atoms with Crippen molar-refractivity contribution in [1.82, 2.24) is 5.16 Å². The number of halogens is 1. The smallest absolute Gasteiger partial charge is 0.346 e. The second-order valence-corrected chi connectivity index (χ2v) is 6.46. The Kier molecular flexibility index (Phi) is 6.98. The molecule has 1 N–H and O–H groups in total. The van der Waals surface area contributed by atoms with Crippen molar-refractivity contribution < 1.29 is 28.0 Å². The number of amides is 1. The van der Waals surface area contributed by atoms with Gasteiger partial charge in [-0.1, -0.05) is 23.4 Å². The summed E-state index contributed by atoms with van der Waals surface area (Å²) in [6, 6.07) is 13.2. The summed E-state index contributed by atoms with van der Waals surface area (Å²) in [6.45, 7) is 3.66. The van der Waals surface area contributed by atoms with Crippen LogP contribution in [0.1, 0.15) is 28.6 Å². The topological polar surface area (TPSA) is 114 Å². The lowest BCUT2D eigenvalue weighted by Gasteiger charge is -2.12. The molecule has 162 valence electrons. The molecule has 0 unspecified atom stereocenters. The van der Waals surface area contributed by atoms with Crippen LogP contribution in [0.2, 0.25) is 0 Å². The Morgan fingerprint density at radius 3 is 2.66 bits per heavy atom. The SMILES string of the molecule is CCOc1cc(C=C(C#N)C(=O)Nc2cc(C)on2)ccc1OC(=O)c1ccccc1F. The number of rotatable bonds is 7. The third-order valence-corrected chi connectivity index (χ3v) is 4.11. The van der Waals surface area contributed by atoms with E-state index in [1.165, 1.54) is 48.5 Å². The number of aromatic nitrogens is 1. The van der Waals surface area contributed by atoms with Crippen molar-refractivity contribution in [2.75, 3.05) is 11.9 Å². The van der Waals surface area contributed by atoms with Crippen LogP contribution in [-0.2, 0) is 4.79 Å². The van der Waals surface area contributed by atoms with Gasteiger partial charge in [0, 0.05) is 6.07 Å². The molecule has 1 amide bonds. The molecule has 0 aliphatic rings. The number of anilines is 1. The third kappa shape index (κ3) is 5.37. The summed E-state index contributed by atoms with van der Waals surface area (Å²) < 4.78 is 29.5. The molecule has 1 aromatic heterocycles. The number of nitriles is 1. The van der Waals surface area contributed by atoms with E-state index in [0.717, 1.165) is 6.07 Å². The normalized spacial score (nSPS) is 10.9. The molecule has 0 fully saturated rings. The van der Waals surface area contributed by atoms with Gasteiger partial charge in [0.15, 0.2) is 17.3 Å². The van der Waals surface area contributed by atoms with E-state index in [0.29, 0.717) is 11.3 Å². The van der Waals surface area contributed by atoms with Gasteiger partial charge < -0.3 is 19.3 Å². The van der Waals surface area contributed by atoms with E-state index in [9.17, 15) is 19.2 Å². The van der Waals surface area contributed by atoms with Crippen LogP contribution < -0.4 is 14.8 Å². The summed E-state index contributed by atoms with van der Waals surface area (Å²) in [4.78, 5) is 24.7. The predicted octanol–water partition coefficient (Wildman–Crippen LogP) is 4.29. The molecule has 0 saturated heterocycles. The molecule has 9 heteroatoms. The number of carbonyl (C=O) groups excluding carboxylic acids is 2. The van der Waals surface area contributed by atoms with Crippen LogP contribution in [0.5, 0.6) is 11.5 Å². The molecule has 2 aromatic carbocycles. The van der Waals surface area contributed by atoms with Crippen molar-refractivity contribution in [3.63, 3.8) is 0 Å². The van der Waals surface area contributed by atoms with Gasteiger partial charge in [-0.2, -0.15) is 5.26 Å². The molecule has 0 aliphatic carbocycles. The van der Waals surface area contributed by atoms with Gasteiger partial charge in [0.25, 0.3) is 5.91 Å². The quantitative estimate of drug-likeness (QED) is 0.255. The number of nitrogens with one attached hydrogen (secondary N) is 1. The van der Waals surface area contributed by atoms with Gasteiger partial charge in [-0.3, -0.25) is 4.79 Å². The zero-order valence-electron chi connectivity index (χ0n) is 17.2. The average Bonchev–Trinajstić information content (AvgIpc) is 3.18. The van der Waals surface area contributed by atoms with Crippen molar-refractivity contribution >= 4 is 23.8 Å². The maximum atomic E-state index is 13.9. The fourth-order valence-electron chi connectivity index (χ4n) is 2.67. The van der Waals surface area contributed by atoms with Gasteiger partial charge in [0.1, 0.15) is 23.2 Å². The minimum Gasteiger partial charge on any atom is -0.490 e. The number of benzene rings is 2. The van der Waals surface area contributed by atoms with Crippen molar-refractivity contribution in [2.45, 2.75) is 13.8 Å². The molecule has 0 aliphatic heterocycles. The van der Waals surface area contributed by atoms with E-state index in [1.807, 2.05) is 6.07 Å². The van der Waals surface area contributed by atoms with Crippen LogP contribution in [0.4, 0.5) is 10.2 Å². The van der Waals surface area contributed by atoms with Crippen molar-refractivity contribution in [3.8, 4) is 17.6 Å². The predicted molar refractivity (Wildman–Crippen MR) is 112 cm³/mol. The lowest BCUT2D eigenvalue weighted by Crippen LogP contribution is -2.13. The second kappa shape index (κ2) is 10.0. The molecular formula is C23H18FN3O5. The van der Waals surface area contributed by atoms with Crippen molar-refractivity contribution in [3.05, 3.63) is 76.8 Å². The standard InChI is InChI=1S/C23H18FN3O5/c1-3-30-20-12-15(11-16(13-25)22(28)26-21-10-14(2)32-27-21)8-9-19(20)31-23(29)17-6-4-5-7-18(17)24/h4-12H,3H2,1-2H3,(H,26,27,28). The zero-order chi connectivity index (χ0) is 23.1. The first kappa shape index (κ1) is 22.2. The van der Waals surface area contributed by atoms with Crippen LogP contribution in [0.25, 0.3) is 6.08 Å². The van der Waals surface area contributed by atoms with Gasteiger partial charge >= 0.3 is 5.97 Å². The molecular weight excluding hydrogens is 417 g/mol. The molecule has 0 atom stereocenters. The largest absolute Gasteiger partial charge is 0.490 e. The van der Waals surface area contributed by atoms with E-state index in [1.54, 1.807) is 13.8 Å². The van der Waals surface area contributed by atoms with Crippen LogP contribution in [0, 0.1) is 24.1 Å². The highest BCUT2D eigenvalue weighted by Gasteiger charge is 2.17. The van der Waals surface area contributed by atoms with E-state index < -0.39 is 17.7 Å². The summed E-state index contributed by atoms with van der Waals surface area (Å²) in [5.74, 6) is -1.32. The number of esters is 1. The van der Waals surface area contributed by atoms with E-state index >= 15 is 0 Å². The van der Waals surface area contributed by atoms with Crippen LogP contribution >= 0.6 is 0 Å². The highest BCUT2D eigenvalue weighted by atomic mass is 19.1. The maximum Gasteiger partial charge on any atom is 0.346 e. The fraction of sp³-hybridized carbons (Fsp3) is 0.130. The minimum absolute atomic E-state index is 0.0679. The zero-order valence-corrected chi connectivity index (χ0v) is 17.2. The first-order valence-electron chi connectivity index (χ1n) is 9.51. The summed E-state index contributed by atoms with van der Waals surface area (Å²) >= 11 is 0. The molecule has 0 saturated carbocycles. The summed E-state index contributed by atoms with van der Waals surface area (Å²) in [6.07, 6.45) is 1.34. The fourth-order valence-corrected chi connectivity index (χ4v) is 2.67. The Hall–Kier alpha value is -4.45. The van der Waals surface area contributed by atoms with Crippen LogP contribution in [0.15, 0.2) is 58.6 Å². The highest BCUT2D eigenvalue weighted by Crippen LogP contribution is 2.30. The Balaban J connectivity index is 1.84. The number of hydrogen-bond donors (Lipinski definition) is 1. The monoisotopic (exact) mass is 435 g/mol. The first-order valence-corrected chi connectivity index (χ1v) is 9.51. The summed E-state index contributed by atoms with van der Waals surface area (Å²) in [7, 11) is 0. The molecule has 3 rings (SSSR count). The van der Waals surface area contributed by atoms with E-state index in [4.69, 9.17) is 14.0 Å². The van der Waals surface area contributed by atoms with Crippen molar-refractivity contribution in [1.29, 1.82) is 5.26 Å². The Morgan fingerprint density at radius 1 is 1.22 bits per heavy atom. The summed E-state index contributed by atoms with van der Waals surface area (Å²) in [5.41, 5.74) is 0.0387. The summed E-state index contributed by atoms with van der Waals surface area (Å²) in [5, 5.41) is 15.5. The molecule has 1 heterocycles. The first-order chi connectivity index (χ1) is 15.4. The van der Waals surface area contributed by atoms with Gasteiger partial charge in [-0.15, -0.1) is 0 Å². The molecule has 0 radical (unpaired) electrons. The average molecular weight is 435 g/mol. The number of carbonyl (C=O) groups is 2. The molecule has 32 heavy (non-hydrogen) atoms. The second-order valence-electron chi connectivity index (χ2n) is 6.46.